The minimum Gasteiger partial charge on any atom is -0.463 e. The zero-order chi connectivity index (χ0) is 17.1. The fourth-order valence-electron chi connectivity index (χ4n) is 2.74. The van der Waals surface area contributed by atoms with E-state index >= 15 is 0 Å². The summed E-state index contributed by atoms with van der Waals surface area (Å²) in [4.78, 5) is 20.7. The van der Waals surface area contributed by atoms with Gasteiger partial charge < -0.3 is 15.2 Å². The molecule has 1 aromatic heterocycles. The lowest BCUT2D eigenvalue weighted by Crippen LogP contribution is -2.26. The summed E-state index contributed by atoms with van der Waals surface area (Å²) < 4.78 is 10.9. The Hall–Kier alpha value is -2.60. The molecule has 0 amide bonds. The number of hydrogen-bond acceptors (Lipinski definition) is 6. The fraction of sp³-hybridized carbons (Fsp3) is 0.235. The molecule has 1 aliphatic rings. The molecule has 1 atom stereocenters. The molecule has 2 aromatic rings. The van der Waals surface area contributed by atoms with E-state index in [1.54, 1.807) is 6.92 Å². The van der Waals surface area contributed by atoms with Crippen LogP contribution in [0.4, 0.5) is 5.82 Å². The first-order valence-electron chi connectivity index (χ1n) is 7.46. The van der Waals surface area contributed by atoms with Crippen LogP contribution in [0, 0.1) is 0 Å². The van der Waals surface area contributed by atoms with E-state index in [0.717, 1.165) is 5.56 Å². The molecule has 6 nitrogen and oxygen atoms in total. The number of fused-ring (bicyclic) bond motifs is 1. The van der Waals surface area contributed by atoms with Crippen LogP contribution in [0.2, 0.25) is 0 Å². The Morgan fingerprint density at radius 1 is 1.33 bits per heavy atom. The third-order valence-electron chi connectivity index (χ3n) is 3.73. The number of alkyl halides is 1. The fourth-order valence-corrected chi connectivity index (χ4v) is 2.94. The topological polar surface area (TPSA) is 87.3 Å². The Morgan fingerprint density at radius 2 is 2.08 bits per heavy atom. The average molecular weight is 346 g/mol. The number of carbonyl (C=O) groups is 1. The monoisotopic (exact) mass is 345 g/mol. The van der Waals surface area contributed by atoms with E-state index in [9.17, 15) is 4.79 Å². The molecule has 2 N–H and O–H groups in total. The van der Waals surface area contributed by atoms with Gasteiger partial charge in [-0.1, -0.05) is 30.3 Å². The van der Waals surface area contributed by atoms with Crippen LogP contribution in [0.5, 0.6) is 5.88 Å². The number of carbonyl (C=O) groups excluding carboxylic acids is 1. The van der Waals surface area contributed by atoms with Crippen molar-refractivity contribution in [3.8, 4) is 5.88 Å². The van der Waals surface area contributed by atoms with Gasteiger partial charge in [0.15, 0.2) is 0 Å². The molecule has 0 radical (unpaired) electrons. The SMILES string of the molecule is CCOC(=O)C1=C(CCl)Oc2ncnc(N)c2C1c1ccccc1. The molecular formula is C17H16ClN3O3. The molecule has 0 fully saturated rings. The van der Waals surface area contributed by atoms with Crippen molar-refractivity contribution in [3.63, 3.8) is 0 Å². The molecular weight excluding hydrogens is 330 g/mol. The highest BCUT2D eigenvalue weighted by Gasteiger charge is 2.38. The molecule has 24 heavy (non-hydrogen) atoms. The van der Waals surface area contributed by atoms with Gasteiger partial charge in [0, 0.05) is 0 Å². The second-order valence-corrected chi connectivity index (χ2v) is 5.38. The summed E-state index contributed by atoms with van der Waals surface area (Å²) in [5, 5.41) is 0. The number of ether oxygens (including phenoxy) is 2. The van der Waals surface area contributed by atoms with Crippen LogP contribution in [0.1, 0.15) is 24.0 Å². The van der Waals surface area contributed by atoms with Crippen LogP contribution in [0.25, 0.3) is 0 Å². The lowest BCUT2D eigenvalue weighted by Gasteiger charge is -2.29. The van der Waals surface area contributed by atoms with Gasteiger partial charge in [-0.25, -0.2) is 14.8 Å². The summed E-state index contributed by atoms with van der Waals surface area (Å²) in [5.41, 5.74) is 7.78. The summed E-state index contributed by atoms with van der Waals surface area (Å²) in [7, 11) is 0. The van der Waals surface area contributed by atoms with Crippen molar-refractivity contribution in [2.75, 3.05) is 18.2 Å². The Bertz CT molecular complexity index is 793. The maximum absolute atomic E-state index is 12.6. The van der Waals surface area contributed by atoms with Gasteiger partial charge in [0.05, 0.1) is 29.5 Å². The zero-order valence-electron chi connectivity index (χ0n) is 13.0. The highest BCUT2D eigenvalue weighted by molar-refractivity contribution is 6.19. The number of esters is 1. The summed E-state index contributed by atoms with van der Waals surface area (Å²) in [6.07, 6.45) is 1.32. The first-order valence-corrected chi connectivity index (χ1v) is 8.00. The van der Waals surface area contributed by atoms with Gasteiger partial charge in [-0.15, -0.1) is 11.6 Å². The second-order valence-electron chi connectivity index (χ2n) is 5.11. The highest BCUT2D eigenvalue weighted by atomic mass is 35.5. The summed E-state index contributed by atoms with van der Waals surface area (Å²) in [5.74, 6) is -0.0976. The predicted molar refractivity (Wildman–Crippen MR) is 89.7 cm³/mol. The Labute approximate surface area is 144 Å². The van der Waals surface area contributed by atoms with Gasteiger partial charge in [-0.05, 0) is 12.5 Å². The van der Waals surface area contributed by atoms with Crippen LogP contribution in [0.15, 0.2) is 48.0 Å². The molecule has 0 aliphatic carbocycles. The van der Waals surface area contributed by atoms with Crippen LogP contribution >= 0.6 is 11.6 Å². The number of nitrogens with zero attached hydrogens (tertiary/aromatic N) is 2. The van der Waals surface area contributed by atoms with Gasteiger partial charge >= 0.3 is 5.97 Å². The van der Waals surface area contributed by atoms with E-state index in [4.69, 9.17) is 26.8 Å². The molecule has 0 saturated heterocycles. The van der Waals surface area contributed by atoms with Crippen LogP contribution < -0.4 is 10.5 Å². The zero-order valence-corrected chi connectivity index (χ0v) is 13.8. The third-order valence-corrected chi connectivity index (χ3v) is 3.97. The van der Waals surface area contributed by atoms with Crippen molar-refractivity contribution in [2.24, 2.45) is 0 Å². The van der Waals surface area contributed by atoms with Crippen molar-refractivity contribution in [1.29, 1.82) is 0 Å². The normalized spacial score (nSPS) is 16.3. The van der Waals surface area contributed by atoms with Gasteiger partial charge in [0.25, 0.3) is 0 Å². The number of allylic oxidation sites excluding steroid dienone is 1. The first kappa shape index (κ1) is 16.3. The van der Waals surface area contributed by atoms with E-state index in [1.165, 1.54) is 6.33 Å². The Kier molecular flexibility index (Phi) is 4.66. The van der Waals surface area contributed by atoms with Crippen molar-refractivity contribution in [2.45, 2.75) is 12.8 Å². The van der Waals surface area contributed by atoms with Crippen molar-refractivity contribution < 1.29 is 14.3 Å². The van der Waals surface area contributed by atoms with Crippen LogP contribution in [-0.4, -0.2) is 28.4 Å². The average Bonchev–Trinajstić information content (AvgIpc) is 2.61. The van der Waals surface area contributed by atoms with Crippen molar-refractivity contribution in [3.05, 3.63) is 59.1 Å². The lowest BCUT2D eigenvalue weighted by atomic mass is 9.83. The van der Waals surface area contributed by atoms with Gasteiger partial charge in [0.1, 0.15) is 17.9 Å². The summed E-state index contributed by atoms with van der Waals surface area (Å²) in [6, 6.07) is 9.46. The number of benzene rings is 1. The van der Waals surface area contributed by atoms with E-state index in [2.05, 4.69) is 9.97 Å². The number of rotatable bonds is 4. The molecule has 1 unspecified atom stereocenters. The third kappa shape index (κ3) is 2.80. The lowest BCUT2D eigenvalue weighted by molar-refractivity contribution is -0.139. The van der Waals surface area contributed by atoms with Crippen molar-refractivity contribution in [1.82, 2.24) is 9.97 Å². The highest BCUT2D eigenvalue weighted by Crippen LogP contribution is 2.44. The van der Waals surface area contributed by atoms with Crippen LogP contribution in [-0.2, 0) is 9.53 Å². The van der Waals surface area contributed by atoms with E-state index in [-0.39, 0.29) is 18.3 Å². The number of nitrogens with two attached hydrogens (primary N) is 1. The van der Waals surface area contributed by atoms with E-state index in [0.29, 0.717) is 22.8 Å². The number of aromatic nitrogens is 2. The predicted octanol–water partition coefficient (Wildman–Crippen LogP) is 2.64. The van der Waals surface area contributed by atoms with E-state index < -0.39 is 11.9 Å². The number of anilines is 1. The quantitative estimate of drug-likeness (QED) is 0.677. The first-order chi connectivity index (χ1) is 11.7. The number of nitrogen functional groups attached to an aromatic ring is 1. The molecule has 7 heteroatoms. The molecule has 0 saturated carbocycles. The van der Waals surface area contributed by atoms with Gasteiger partial charge in [0.2, 0.25) is 5.88 Å². The molecule has 3 rings (SSSR count). The molecule has 1 aromatic carbocycles. The minimum atomic E-state index is -0.496. The van der Waals surface area contributed by atoms with Gasteiger partial charge in [-0.3, -0.25) is 0 Å². The molecule has 0 spiro atoms. The standard InChI is InChI=1S/C17H16ClN3O3/c1-2-23-17(22)13-11(8-18)24-16-14(15(19)20-9-21-16)12(13)10-6-4-3-5-7-10/h3-7,9,12H,2,8H2,1H3,(H2,19,20,21). The van der Waals surface area contributed by atoms with Gasteiger partial charge in [-0.2, -0.15) is 0 Å². The van der Waals surface area contributed by atoms with Crippen LogP contribution in [0.3, 0.4) is 0 Å². The maximum atomic E-state index is 12.6. The second kappa shape index (κ2) is 6.88. The number of halogens is 1. The Balaban J connectivity index is 2.25. The molecule has 124 valence electrons. The van der Waals surface area contributed by atoms with Crippen molar-refractivity contribution >= 4 is 23.4 Å². The minimum absolute atomic E-state index is 0.0147. The molecule has 1 aliphatic heterocycles. The summed E-state index contributed by atoms with van der Waals surface area (Å²) >= 11 is 6.01. The number of hydrogen-bond donors (Lipinski definition) is 1. The smallest absolute Gasteiger partial charge is 0.338 e. The Morgan fingerprint density at radius 3 is 2.75 bits per heavy atom. The van der Waals surface area contributed by atoms with E-state index in [1.807, 2.05) is 30.3 Å². The molecule has 0 bridgehead atoms. The largest absolute Gasteiger partial charge is 0.463 e. The summed E-state index contributed by atoms with van der Waals surface area (Å²) in [6.45, 7) is 1.98. The molecule has 2 heterocycles. The maximum Gasteiger partial charge on any atom is 0.338 e.